The summed E-state index contributed by atoms with van der Waals surface area (Å²) in [5, 5.41) is 14.6. The molecule has 19 heavy (non-hydrogen) atoms. The molecule has 2 rings (SSSR count). The Morgan fingerprint density at radius 2 is 2.21 bits per heavy atom. The third-order valence-corrected chi connectivity index (χ3v) is 2.92. The fourth-order valence-electron chi connectivity index (χ4n) is 1.32. The molecule has 1 amide bonds. The van der Waals surface area contributed by atoms with Gasteiger partial charge in [-0.05, 0) is 13.3 Å². The molecule has 8 heteroatoms. The van der Waals surface area contributed by atoms with E-state index >= 15 is 0 Å². The Morgan fingerprint density at radius 1 is 1.37 bits per heavy atom. The van der Waals surface area contributed by atoms with Crippen molar-refractivity contribution in [2.75, 3.05) is 17.2 Å². The van der Waals surface area contributed by atoms with E-state index in [2.05, 4.69) is 37.7 Å². The number of aryl methyl sites for hydroxylation is 1. The minimum Gasteiger partial charge on any atom is -0.369 e. The lowest BCUT2D eigenvalue weighted by Crippen LogP contribution is -2.15. The standard InChI is InChI=1S/C11H14N6OS/c1-3-4-13-9-6-12-5-8(14-9)10(18)15-11-17-16-7(2)19-11/h5-6H,3-4H2,1-2H3,(H,13,14)(H,15,17,18). The van der Waals surface area contributed by atoms with Gasteiger partial charge in [-0.25, -0.2) is 4.98 Å². The van der Waals surface area contributed by atoms with Crippen molar-refractivity contribution in [1.82, 2.24) is 20.2 Å². The molecular weight excluding hydrogens is 264 g/mol. The second-order valence-corrected chi connectivity index (χ2v) is 4.98. The number of rotatable bonds is 5. The van der Waals surface area contributed by atoms with Crippen molar-refractivity contribution in [3.63, 3.8) is 0 Å². The summed E-state index contributed by atoms with van der Waals surface area (Å²) < 4.78 is 0. The number of hydrogen-bond donors (Lipinski definition) is 2. The van der Waals surface area contributed by atoms with E-state index in [-0.39, 0.29) is 11.6 Å². The second-order valence-electron chi connectivity index (χ2n) is 3.80. The van der Waals surface area contributed by atoms with Gasteiger partial charge < -0.3 is 5.32 Å². The Labute approximate surface area is 114 Å². The monoisotopic (exact) mass is 278 g/mol. The first-order valence-corrected chi connectivity index (χ1v) is 6.68. The largest absolute Gasteiger partial charge is 0.369 e. The summed E-state index contributed by atoms with van der Waals surface area (Å²) in [6.45, 7) is 4.66. The van der Waals surface area contributed by atoms with Crippen molar-refractivity contribution in [3.05, 3.63) is 23.1 Å². The van der Waals surface area contributed by atoms with Gasteiger partial charge in [0, 0.05) is 6.54 Å². The van der Waals surface area contributed by atoms with Crippen LogP contribution in [0.2, 0.25) is 0 Å². The predicted octanol–water partition coefficient (Wildman–Crippen LogP) is 1.71. The van der Waals surface area contributed by atoms with Crippen molar-refractivity contribution in [2.24, 2.45) is 0 Å². The molecule has 100 valence electrons. The van der Waals surface area contributed by atoms with Crippen molar-refractivity contribution >= 4 is 28.2 Å². The molecule has 2 aromatic rings. The fourth-order valence-corrected chi connectivity index (χ4v) is 1.91. The topological polar surface area (TPSA) is 92.7 Å². The molecule has 0 aromatic carbocycles. The van der Waals surface area contributed by atoms with E-state index in [1.54, 1.807) is 6.20 Å². The minimum absolute atomic E-state index is 0.244. The lowest BCUT2D eigenvalue weighted by Gasteiger charge is -2.05. The van der Waals surface area contributed by atoms with Crippen LogP contribution in [0.3, 0.4) is 0 Å². The van der Waals surface area contributed by atoms with E-state index in [4.69, 9.17) is 0 Å². The molecule has 0 saturated carbocycles. The number of aromatic nitrogens is 4. The van der Waals surface area contributed by atoms with Crippen LogP contribution in [0.5, 0.6) is 0 Å². The lowest BCUT2D eigenvalue weighted by atomic mass is 10.4. The summed E-state index contributed by atoms with van der Waals surface area (Å²) in [5.41, 5.74) is 0.244. The highest BCUT2D eigenvalue weighted by Gasteiger charge is 2.11. The summed E-state index contributed by atoms with van der Waals surface area (Å²) in [6, 6.07) is 0. The Bertz CT molecular complexity index is 570. The summed E-state index contributed by atoms with van der Waals surface area (Å²) >= 11 is 1.31. The molecule has 0 saturated heterocycles. The Balaban J connectivity index is 2.06. The van der Waals surface area contributed by atoms with E-state index in [1.165, 1.54) is 17.5 Å². The van der Waals surface area contributed by atoms with Crippen molar-refractivity contribution in [3.8, 4) is 0 Å². The average Bonchev–Trinajstić information content (AvgIpc) is 2.82. The van der Waals surface area contributed by atoms with Gasteiger partial charge in [-0.1, -0.05) is 18.3 Å². The van der Waals surface area contributed by atoms with Crippen molar-refractivity contribution in [1.29, 1.82) is 0 Å². The number of anilines is 2. The number of nitrogens with one attached hydrogen (secondary N) is 2. The van der Waals surface area contributed by atoms with Crippen LogP contribution in [0.1, 0.15) is 28.8 Å². The van der Waals surface area contributed by atoms with Gasteiger partial charge in [0.2, 0.25) is 5.13 Å². The van der Waals surface area contributed by atoms with Crippen LogP contribution in [0, 0.1) is 6.92 Å². The summed E-state index contributed by atoms with van der Waals surface area (Å²) in [5.74, 6) is 0.242. The summed E-state index contributed by atoms with van der Waals surface area (Å²) in [7, 11) is 0. The highest BCUT2D eigenvalue weighted by atomic mass is 32.1. The van der Waals surface area contributed by atoms with Crippen LogP contribution < -0.4 is 10.6 Å². The first-order valence-electron chi connectivity index (χ1n) is 5.86. The molecule has 0 bridgehead atoms. The van der Waals surface area contributed by atoms with Gasteiger partial charge >= 0.3 is 0 Å². The molecule has 2 aromatic heterocycles. The predicted molar refractivity (Wildman–Crippen MR) is 73.4 cm³/mol. The van der Waals surface area contributed by atoms with Crippen molar-refractivity contribution < 1.29 is 4.79 Å². The van der Waals surface area contributed by atoms with Gasteiger partial charge in [-0.2, -0.15) is 0 Å². The lowest BCUT2D eigenvalue weighted by molar-refractivity contribution is 0.102. The van der Waals surface area contributed by atoms with Gasteiger partial charge in [-0.3, -0.25) is 15.1 Å². The third-order valence-electron chi connectivity index (χ3n) is 2.17. The molecular formula is C11H14N6OS. The molecule has 0 spiro atoms. The number of carbonyl (C=O) groups excluding carboxylic acids is 1. The van der Waals surface area contributed by atoms with E-state index in [0.29, 0.717) is 10.9 Å². The van der Waals surface area contributed by atoms with Gasteiger partial charge in [0.25, 0.3) is 5.91 Å². The molecule has 7 nitrogen and oxygen atoms in total. The maximum absolute atomic E-state index is 11.9. The molecule has 0 atom stereocenters. The first-order chi connectivity index (χ1) is 9.19. The Kier molecular flexibility index (Phi) is 4.35. The number of nitrogens with zero attached hydrogens (tertiary/aromatic N) is 4. The van der Waals surface area contributed by atoms with Crippen LogP contribution in [0.25, 0.3) is 0 Å². The van der Waals surface area contributed by atoms with Gasteiger partial charge in [0.1, 0.15) is 16.5 Å². The minimum atomic E-state index is -0.344. The fraction of sp³-hybridized carbons (Fsp3) is 0.364. The van der Waals surface area contributed by atoms with Gasteiger partial charge in [0.15, 0.2) is 0 Å². The maximum Gasteiger partial charge on any atom is 0.277 e. The zero-order chi connectivity index (χ0) is 13.7. The highest BCUT2D eigenvalue weighted by molar-refractivity contribution is 7.15. The zero-order valence-corrected chi connectivity index (χ0v) is 11.5. The molecule has 0 unspecified atom stereocenters. The normalized spacial score (nSPS) is 10.2. The van der Waals surface area contributed by atoms with E-state index in [9.17, 15) is 4.79 Å². The molecule has 0 aliphatic carbocycles. The third kappa shape index (κ3) is 3.68. The average molecular weight is 278 g/mol. The van der Waals surface area contributed by atoms with E-state index in [1.807, 2.05) is 6.92 Å². The van der Waals surface area contributed by atoms with Crippen LogP contribution >= 0.6 is 11.3 Å². The Morgan fingerprint density at radius 3 is 2.89 bits per heavy atom. The molecule has 2 heterocycles. The van der Waals surface area contributed by atoms with Crippen LogP contribution in [0.4, 0.5) is 10.9 Å². The van der Waals surface area contributed by atoms with E-state index < -0.39 is 0 Å². The SMILES string of the molecule is CCCNc1cncc(C(=O)Nc2nnc(C)s2)n1. The van der Waals surface area contributed by atoms with Crippen LogP contribution in [-0.4, -0.2) is 32.6 Å². The van der Waals surface area contributed by atoms with Gasteiger partial charge in [0.05, 0.1) is 12.4 Å². The number of amides is 1. The Hall–Kier alpha value is -2.09. The van der Waals surface area contributed by atoms with Crippen LogP contribution in [-0.2, 0) is 0 Å². The molecule has 0 radical (unpaired) electrons. The van der Waals surface area contributed by atoms with Crippen molar-refractivity contribution in [2.45, 2.75) is 20.3 Å². The highest BCUT2D eigenvalue weighted by Crippen LogP contribution is 2.14. The maximum atomic E-state index is 11.9. The molecule has 0 fully saturated rings. The molecule has 0 aliphatic rings. The summed E-state index contributed by atoms with van der Waals surface area (Å²) in [4.78, 5) is 20.1. The number of carbonyl (C=O) groups is 1. The zero-order valence-electron chi connectivity index (χ0n) is 10.7. The smallest absolute Gasteiger partial charge is 0.277 e. The van der Waals surface area contributed by atoms with E-state index in [0.717, 1.165) is 18.0 Å². The van der Waals surface area contributed by atoms with Gasteiger partial charge in [-0.15, -0.1) is 10.2 Å². The van der Waals surface area contributed by atoms with Crippen LogP contribution in [0.15, 0.2) is 12.4 Å². The molecule has 0 aliphatic heterocycles. The molecule has 2 N–H and O–H groups in total. The quantitative estimate of drug-likeness (QED) is 0.865. The second kappa shape index (κ2) is 6.19. The summed E-state index contributed by atoms with van der Waals surface area (Å²) in [6.07, 6.45) is 3.98. The number of hydrogen-bond acceptors (Lipinski definition) is 7. The first kappa shape index (κ1) is 13.3.